The van der Waals surface area contributed by atoms with Crippen molar-refractivity contribution in [2.24, 2.45) is 11.1 Å². The van der Waals surface area contributed by atoms with Gasteiger partial charge in [0.25, 0.3) is 0 Å². The van der Waals surface area contributed by atoms with E-state index in [0.29, 0.717) is 19.5 Å². The first-order valence-corrected chi connectivity index (χ1v) is 7.33. The van der Waals surface area contributed by atoms with Gasteiger partial charge in [0.15, 0.2) is 0 Å². The van der Waals surface area contributed by atoms with E-state index in [-0.39, 0.29) is 11.3 Å². The van der Waals surface area contributed by atoms with Crippen LogP contribution in [0.15, 0.2) is 18.2 Å². The molecule has 20 heavy (non-hydrogen) atoms. The van der Waals surface area contributed by atoms with Crippen LogP contribution in [-0.4, -0.2) is 30.4 Å². The van der Waals surface area contributed by atoms with Gasteiger partial charge in [0.1, 0.15) is 0 Å². The number of amides is 1. The monoisotopic (exact) mass is 276 g/mol. The van der Waals surface area contributed by atoms with E-state index in [1.54, 1.807) is 0 Å². The Morgan fingerprint density at radius 2 is 1.90 bits per heavy atom. The van der Waals surface area contributed by atoms with E-state index < -0.39 is 0 Å². The SMILES string of the molecule is CCN(CC(C)(C)CN)C(=O)Cc1ccc(C)c(C)c1. The van der Waals surface area contributed by atoms with Crippen LogP contribution in [0.2, 0.25) is 0 Å². The third-order valence-corrected chi connectivity index (χ3v) is 3.83. The number of nitrogens with zero attached hydrogens (tertiary/aromatic N) is 1. The zero-order valence-electron chi connectivity index (χ0n) is 13.5. The average Bonchev–Trinajstić information content (AvgIpc) is 2.40. The lowest BCUT2D eigenvalue weighted by atomic mass is 9.93. The van der Waals surface area contributed by atoms with Gasteiger partial charge in [-0.1, -0.05) is 32.0 Å². The van der Waals surface area contributed by atoms with Gasteiger partial charge in [0, 0.05) is 13.1 Å². The lowest BCUT2D eigenvalue weighted by Crippen LogP contribution is -2.42. The van der Waals surface area contributed by atoms with E-state index in [1.165, 1.54) is 11.1 Å². The van der Waals surface area contributed by atoms with Gasteiger partial charge in [-0.05, 0) is 49.4 Å². The number of benzene rings is 1. The summed E-state index contributed by atoms with van der Waals surface area (Å²) in [5.41, 5.74) is 9.31. The van der Waals surface area contributed by atoms with Crippen LogP contribution in [0.3, 0.4) is 0 Å². The maximum absolute atomic E-state index is 12.4. The Morgan fingerprint density at radius 1 is 1.25 bits per heavy atom. The van der Waals surface area contributed by atoms with E-state index in [0.717, 1.165) is 12.1 Å². The molecule has 0 radical (unpaired) electrons. The maximum atomic E-state index is 12.4. The highest BCUT2D eigenvalue weighted by Crippen LogP contribution is 2.16. The summed E-state index contributed by atoms with van der Waals surface area (Å²) in [7, 11) is 0. The Bertz CT molecular complexity index is 466. The van der Waals surface area contributed by atoms with Crippen molar-refractivity contribution in [1.29, 1.82) is 0 Å². The van der Waals surface area contributed by atoms with E-state index in [9.17, 15) is 4.79 Å². The molecule has 0 saturated carbocycles. The van der Waals surface area contributed by atoms with Gasteiger partial charge in [-0.3, -0.25) is 4.79 Å². The second-order valence-corrected chi connectivity index (χ2v) is 6.37. The predicted octanol–water partition coefficient (Wildman–Crippen LogP) is 2.68. The van der Waals surface area contributed by atoms with Gasteiger partial charge in [-0.2, -0.15) is 0 Å². The smallest absolute Gasteiger partial charge is 0.226 e. The van der Waals surface area contributed by atoms with E-state index >= 15 is 0 Å². The molecule has 0 heterocycles. The molecule has 0 unspecified atom stereocenters. The molecule has 1 aromatic carbocycles. The molecular formula is C17H28N2O. The number of rotatable bonds is 6. The summed E-state index contributed by atoms with van der Waals surface area (Å²) in [6.07, 6.45) is 0.468. The van der Waals surface area contributed by atoms with E-state index in [1.807, 2.05) is 17.9 Å². The van der Waals surface area contributed by atoms with Gasteiger partial charge >= 0.3 is 0 Å². The second kappa shape index (κ2) is 6.89. The molecule has 112 valence electrons. The molecule has 0 atom stereocenters. The molecule has 0 aliphatic rings. The van der Waals surface area contributed by atoms with Crippen molar-refractivity contribution in [2.75, 3.05) is 19.6 Å². The molecule has 0 aliphatic heterocycles. The molecule has 2 N–H and O–H groups in total. The van der Waals surface area contributed by atoms with Crippen molar-refractivity contribution in [3.05, 3.63) is 34.9 Å². The van der Waals surface area contributed by atoms with E-state index in [4.69, 9.17) is 5.73 Å². The van der Waals surface area contributed by atoms with Crippen LogP contribution >= 0.6 is 0 Å². The third kappa shape index (κ3) is 4.64. The first-order valence-electron chi connectivity index (χ1n) is 7.33. The maximum Gasteiger partial charge on any atom is 0.226 e. The lowest BCUT2D eigenvalue weighted by molar-refractivity contribution is -0.131. The Labute approximate surface area is 123 Å². The van der Waals surface area contributed by atoms with Gasteiger partial charge in [-0.25, -0.2) is 0 Å². The van der Waals surface area contributed by atoms with Crippen LogP contribution in [0.1, 0.15) is 37.5 Å². The Balaban J connectivity index is 2.74. The van der Waals surface area contributed by atoms with Crippen LogP contribution < -0.4 is 5.73 Å². The molecule has 0 aromatic heterocycles. The quantitative estimate of drug-likeness (QED) is 0.868. The fourth-order valence-corrected chi connectivity index (χ4v) is 2.16. The van der Waals surface area contributed by atoms with Crippen molar-refractivity contribution in [3.8, 4) is 0 Å². The van der Waals surface area contributed by atoms with Crippen molar-refractivity contribution in [1.82, 2.24) is 4.90 Å². The highest BCUT2D eigenvalue weighted by molar-refractivity contribution is 5.78. The van der Waals surface area contributed by atoms with Crippen molar-refractivity contribution >= 4 is 5.91 Å². The molecule has 0 saturated heterocycles. The number of nitrogens with two attached hydrogens (primary N) is 1. The van der Waals surface area contributed by atoms with Gasteiger partial charge in [-0.15, -0.1) is 0 Å². The van der Waals surface area contributed by atoms with Gasteiger partial charge in [0.05, 0.1) is 6.42 Å². The standard InChI is InChI=1S/C17H28N2O/c1-6-19(12-17(4,5)11-18)16(20)10-15-8-7-13(2)14(3)9-15/h7-9H,6,10-12,18H2,1-5H3. The normalized spacial score (nSPS) is 11.5. The Kier molecular flexibility index (Phi) is 5.75. The number of carbonyl (C=O) groups is 1. The fraction of sp³-hybridized carbons (Fsp3) is 0.588. The topological polar surface area (TPSA) is 46.3 Å². The molecule has 3 heteroatoms. The highest BCUT2D eigenvalue weighted by Gasteiger charge is 2.22. The molecular weight excluding hydrogens is 248 g/mol. The zero-order chi connectivity index (χ0) is 15.3. The first-order chi connectivity index (χ1) is 9.29. The highest BCUT2D eigenvalue weighted by atomic mass is 16.2. The van der Waals surface area contributed by atoms with Crippen LogP contribution in [0.25, 0.3) is 0 Å². The largest absolute Gasteiger partial charge is 0.342 e. The summed E-state index contributed by atoms with van der Waals surface area (Å²) < 4.78 is 0. The van der Waals surface area contributed by atoms with Crippen molar-refractivity contribution in [2.45, 2.75) is 41.0 Å². The second-order valence-electron chi connectivity index (χ2n) is 6.37. The molecule has 0 aliphatic carbocycles. The van der Waals surface area contributed by atoms with Gasteiger partial charge in [0.2, 0.25) is 5.91 Å². The van der Waals surface area contributed by atoms with Crippen LogP contribution in [0.4, 0.5) is 0 Å². The zero-order valence-corrected chi connectivity index (χ0v) is 13.5. The number of carbonyl (C=O) groups excluding carboxylic acids is 1. The third-order valence-electron chi connectivity index (χ3n) is 3.83. The molecule has 0 spiro atoms. The number of hydrogen-bond acceptors (Lipinski definition) is 2. The minimum absolute atomic E-state index is 0.0329. The number of likely N-dealkylation sites (N-methyl/N-ethyl adjacent to an activating group) is 1. The summed E-state index contributed by atoms with van der Waals surface area (Å²) in [5, 5.41) is 0. The Hall–Kier alpha value is -1.35. The van der Waals surface area contributed by atoms with Crippen molar-refractivity contribution in [3.63, 3.8) is 0 Å². The van der Waals surface area contributed by atoms with E-state index in [2.05, 4.69) is 39.8 Å². The van der Waals surface area contributed by atoms with Gasteiger partial charge < -0.3 is 10.6 Å². The molecule has 0 fully saturated rings. The predicted molar refractivity (Wildman–Crippen MR) is 84.7 cm³/mol. The molecule has 1 aromatic rings. The molecule has 1 rings (SSSR count). The molecule has 0 bridgehead atoms. The van der Waals surface area contributed by atoms with Crippen LogP contribution in [0.5, 0.6) is 0 Å². The lowest BCUT2D eigenvalue weighted by Gasteiger charge is -2.31. The molecule has 3 nitrogen and oxygen atoms in total. The number of aryl methyl sites for hydroxylation is 2. The summed E-state index contributed by atoms with van der Waals surface area (Å²) in [6.45, 7) is 12.4. The minimum atomic E-state index is -0.0329. The van der Waals surface area contributed by atoms with Crippen LogP contribution in [-0.2, 0) is 11.2 Å². The Morgan fingerprint density at radius 3 is 2.40 bits per heavy atom. The number of hydrogen-bond donors (Lipinski definition) is 1. The summed E-state index contributed by atoms with van der Waals surface area (Å²) >= 11 is 0. The molecule has 1 amide bonds. The summed E-state index contributed by atoms with van der Waals surface area (Å²) in [6, 6.07) is 6.23. The fourth-order valence-electron chi connectivity index (χ4n) is 2.16. The summed E-state index contributed by atoms with van der Waals surface area (Å²) in [4.78, 5) is 14.3. The average molecular weight is 276 g/mol. The van der Waals surface area contributed by atoms with Crippen LogP contribution in [0, 0.1) is 19.3 Å². The first kappa shape index (κ1) is 16.7. The summed E-state index contributed by atoms with van der Waals surface area (Å²) in [5.74, 6) is 0.178. The minimum Gasteiger partial charge on any atom is -0.342 e. The van der Waals surface area contributed by atoms with Crippen molar-refractivity contribution < 1.29 is 4.79 Å².